The summed E-state index contributed by atoms with van der Waals surface area (Å²) in [6.07, 6.45) is 11.7. The maximum atomic E-state index is 3.85. The third-order valence-electron chi connectivity index (χ3n) is 5.91. The first-order valence-electron chi connectivity index (χ1n) is 8.70. The highest BCUT2D eigenvalue weighted by Crippen LogP contribution is 2.39. The molecule has 0 aromatic carbocycles. The molecule has 2 rings (SSSR count). The highest BCUT2D eigenvalue weighted by Gasteiger charge is 2.30. The Labute approximate surface area is 120 Å². The van der Waals surface area contributed by atoms with Crippen LogP contribution in [0.5, 0.6) is 0 Å². The Hall–Kier alpha value is -0.0400. The molecule has 0 aromatic rings. The Kier molecular flexibility index (Phi) is 5.34. The van der Waals surface area contributed by atoms with Crippen molar-refractivity contribution in [1.29, 1.82) is 0 Å². The van der Waals surface area contributed by atoms with Crippen molar-refractivity contribution in [2.24, 2.45) is 23.2 Å². The van der Waals surface area contributed by atoms with Gasteiger partial charge in [0.15, 0.2) is 0 Å². The summed E-state index contributed by atoms with van der Waals surface area (Å²) in [5.74, 6) is 2.87. The van der Waals surface area contributed by atoms with Gasteiger partial charge in [-0.2, -0.15) is 0 Å². The molecule has 1 atom stereocenters. The van der Waals surface area contributed by atoms with Crippen LogP contribution in [0.1, 0.15) is 79.1 Å². The van der Waals surface area contributed by atoms with Crippen LogP contribution in [0.2, 0.25) is 0 Å². The van der Waals surface area contributed by atoms with Gasteiger partial charge in [0.1, 0.15) is 0 Å². The zero-order valence-electron chi connectivity index (χ0n) is 13.7. The maximum Gasteiger partial charge on any atom is 0.00671 e. The van der Waals surface area contributed by atoms with E-state index in [0.717, 1.165) is 23.8 Å². The summed E-state index contributed by atoms with van der Waals surface area (Å²) in [6.45, 7) is 10.9. The lowest BCUT2D eigenvalue weighted by Gasteiger charge is -2.37. The molecule has 0 aromatic heterocycles. The lowest BCUT2D eigenvalue weighted by atomic mass is 9.70. The molecule has 0 bridgehead atoms. The minimum atomic E-state index is 0.523. The summed E-state index contributed by atoms with van der Waals surface area (Å²) in [5.41, 5.74) is 0.523. The van der Waals surface area contributed by atoms with E-state index in [-0.39, 0.29) is 0 Å². The van der Waals surface area contributed by atoms with Crippen molar-refractivity contribution < 1.29 is 0 Å². The van der Waals surface area contributed by atoms with E-state index in [2.05, 4.69) is 33.0 Å². The van der Waals surface area contributed by atoms with E-state index in [4.69, 9.17) is 0 Å². The molecule has 19 heavy (non-hydrogen) atoms. The van der Waals surface area contributed by atoms with Crippen LogP contribution in [0.15, 0.2) is 0 Å². The van der Waals surface area contributed by atoms with E-state index in [1.165, 1.54) is 57.9 Å². The largest absolute Gasteiger partial charge is 0.314 e. The standard InChI is InChI=1S/C18H35N/c1-14(16-7-5-6-8-16)19-13-15-9-11-17(12-10-15)18(2,3)4/h14-17,19H,5-13H2,1-4H3. The molecule has 0 spiro atoms. The van der Waals surface area contributed by atoms with Crippen molar-refractivity contribution in [2.75, 3.05) is 6.54 Å². The topological polar surface area (TPSA) is 12.0 Å². The predicted molar refractivity (Wildman–Crippen MR) is 84.3 cm³/mol. The molecular formula is C18H35N. The van der Waals surface area contributed by atoms with Gasteiger partial charge < -0.3 is 5.32 Å². The van der Waals surface area contributed by atoms with Crippen LogP contribution in [-0.4, -0.2) is 12.6 Å². The third kappa shape index (κ3) is 4.48. The molecule has 1 N–H and O–H groups in total. The van der Waals surface area contributed by atoms with Crippen LogP contribution in [0.4, 0.5) is 0 Å². The summed E-state index contributed by atoms with van der Waals surface area (Å²) < 4.78 is 0. The smallest absolute Gasteiger partial charge is 0.00671 e. The highest BCUT2D eigenvalue weighted by atomic mass is 14.9. The van der Waals surface area contributed by atoms with E-state index in [1.54, 1.807) is 0 Å². The van der Waals surface area contributed by atoms with E-state index < -0.39 is 0 Å². The molecule has 2 aliphatic carbocycles. The molecule has 1 nitrogen and oxygen atoms in total. The van der Waals surface area contributed by atoms with Gasteiger partial charge in [-0.15, -0.1) is 0 Å². The van der Waals surface area contributed by atoms with Gasteiger partial charge in [-0.05, 0) is 75.2 Å². The molecule has 2 saturated carbocycles. The number of hydrogen-bond donors (Lipinski definition) is 1. The van der Waals surface area contributed by atoms with Gasteiger partial charge in [0.25, 0.3) is 0 Å². The molecule has 0 heterocycles. The Morgan fingerprint density at radius 3 is 2.05 bits per heavy atom. The summed E-state index contributed by atoms with van der Waals surface area (Å²) in [5, 5.41) is 3.85. The normalized spacial score (nSPS) is 31.6. The van der Waals surface area contributed by atoms with Crippen molar-refractivity contribution in [3.8, 4) is 0 Å². The number of nitrogens with one attached hydrogen (secondary N) is 1. The van der Waals surface area contributed by atoms with Crippen molar-refractivity contribution in [2.45, 2.75) is 85.1 Å². The minimum Gasteiger partial charge on any atom is -0.314 e. The average molecular weight is 265 g/mol. The minimum absolute atomic E-state index is 0.523. The summed E-state index contributed by atoms with van der Waals surface area (Å²) in [6, 6.07) is 0.753. The zero-order chi connectivity index (χ0) is 13.9. The fourth-order valence-electron chi connectivity index (χ4n) is 4.21. The first-order valence-corrected chi connectivity index (χ1v) is 8.70. The first-order chi connectivity index (χ1) is 8.97. The monoisotopic (exact) mass is 265 g/mol. The highest BCUT2D eigenvalue weighted by molar-refractivity contribution is 4.83. The molecule has 112 valence electrons. The third-order valence-corrected chi connectivity index (χ3v) is 5.91. The van der Waals surface area contributed by atoms with Gasteiger partial charge in [-0.1, -0.05) is 33.6 Å². The van der Waals surface area contributed by atoms with Crippen molar-refractivity contribution in [1.82, 2.24) is 5.32 Å². The second kappa shape index (κ2) is 6.61. The zero-order valence-corrected chi connectivity index (χ0v) is 13.7. The van der Waals surface area contributed by atoms with E-state index in [0.29, 0.717) is 5.41 Å². The summed E-state index contributed by atoms with van der Waals surface area (Å²) >= 11 is 0. The molecule has 1 unspecified atom stereocenters. The van der Waals surface area contributed by atoms with E-state index in [9.17, 15) is 0 Å². The molecule has 0 aliphatic heterocycles. The first kappa shape index (κ1) is 15.4. The second-order valence-corrected chi connectivity index (χ2v) is 8.33. The summed E-state index contributed by atoms with van der Waals surface area (Å²) in [7, 11) is 0. The van der Waals surface area contributed by atoms with Crippen LogP contribution < -0.4 is 5.32 Å². The fraction of sp³-hybridized carbons (Fsp3) is 1.00. The van der Waals surface area contributed by atoms with Gasteiger partial charge in [0.2, 0.25) is 0 Å². The van der Waals surface area contributed by atoms with Gasteiger partial charge in [-0.25, -0.2) is 0 Å². The Morgan fingerprint density at radius 1 is 0.947 bits per heavy atom. The van der Waals surface area contributed by atoms with Crippen molar-refractivity contribution in [3.63, 3.8) is 0 Å². The second-order valence-electron chi connectivity index (χ2n) is 8.33. The lowest BCUT2D eigenvalue weighted by molar-refractivity contribution is 0.146. The van der Waals surface area contributed by atoms with Gasteiger partial charge in [0, 0.05) is 6.04 Å². The van der Waals surface area contributed by atoms with Crippen molar-refractivity contribution in [3.05, 3.63) is 0 Å². The van der Waals surface area contributed by atoms with Crippen LogP contribution in [0.3, 0.4) is 0 Å². The predicted octanol–water partition coefficient (Wildman–Crippen LogP) is 5.01. The summed E-state index contributed by atoms with van der Waals surface area (Å²) in [4.78, 5) is 0. The van der Waals surface area contributed by atoms with Crippen LogP contribution in [0.25, 0.3) is 0 Å². The van der Waals surface area contributed by atoms with Gasteiger partial charge >= 0.3 is 0 Å². The Balaban J connectivity index is 1.65. The van der Waals surface area contributed by atoms with Crippen LogP contribution in [-0.2, 0) is 0 Å². The van der Waals surface area contributed by atoms with E-state index in [1.807, 2.05) is 0 Å². The quantitative estimate of drug-likeness (QED) is 0.753. The molecule has 0 radical (unpaired) electrons. The molecule has 0 saturated heterocycles. The lowest BCUT2D eigenvalue weighted by Crippen LogP contribution is -2.37. The van der Waals surface area contributed by atoms with Crippen LogP contribution in [0, 0.1) is 23.2 Å². The van der Waals surface area contributed by atoms with E-state index >= 15 is 0 Å². The SMILES string of the molecule is CC(NCC1CCC(C(C)(C)C)CC1)C1CCCC1. The van der Waals surface area contributed by atoms with Gasteiger partial charge in [-0.3, -0.25) is 0 Å². The Morgan fingerprint density at radius 2 is 1.53 bits per heavy atom. The molecule has 2 aliphatic rings. The van der Waals surface area contributed by atoms with Crippen LogP contribution >= 0.6 is 0 Å². The van der Waals surface area contributed by atoms with Crippen molar-refractivity contribution >= 4 is 0 Å². The molecular weight excluding hydrogens is 230 g/mol. The molecule has 1 heteroatoms. The average Bonchev–Trinajstić information content (AvgIpc) is 2.89. The maximum absolute atomic E-state index is 3.85. The number of rotatable bonds is 4. The number of hydrogen-bond acceptors (Lipinski definition) is 1. The Bertz CT molecular complexity index is 251. The van der Waals surface area contributed by atoms with Gasteiger partial charge in [0.05, 0.1) is 0 Å². The molecule has 0 amide bonds. The fourth-order valence-corrected chi connectivity index (χ4v) is 4.21. The molecule has 2 fully saturated rings.